The molecule has 0 aliphatic heterocycles. The summed E-state index contributed by atoms with van der Waals surface area (Å²) in [5.41, 5.74) is 2.31. The monoisotopic (exact) mass is 344 g/mol. The summed E-state index contributed by atoms with van der Waals surface area (Å²) in [4.78, 5) is 28.0. The number of hydrogen-bond acceptors (Lipinski definition) is 4. The predicted octanol–water partition coefficient (Wildman–Crippen LogP) is 3.40. The molecule has 0 radical (unpaired) electrons. The zero-order valence-corrected chi connectivity index (χ0v) is 15.3. The molecule has 0 saturated heterocycles. The predicted molar refractivity (Wildman–Crippen MR) is 98.3 cm³/mol. The van der Waals surface area contributed by atoms with E-state index in [9.17, 15) is 9.59 Å². The molecule has 128 valence electrons. The number of rotatable bonds is 8. The number of Topliss-reactive ketones (excluding diaryl/α,β-unsaturated/α-hetero) is 1. The van der Waals surface area contributed by atoms with Crippen molar-refractivity contribution in [1.29, 1.82) is 0 Å². The maximum atomic E-state index is 12.0. The summed E-state index contributed by atoms with van der Waals surface area (Å²) in [6.45, 7) is 3.30. The Morgan fingerprint density at radius 2 is 1.75 bits per heavy atom. The molecular weight excluding hydrogens is 320 g/mol. The van der Waals surface area contributed by atoms with Crippen LogP contribution in [0.1, 0.15) is 38.5 Å². The fraction of sp³-hybridized carbons (Fsp3) is 0.368. The van der Waals surface area contributed by atoms with Gasteiger partial charge in [0.15, 0.2) is 5.78 Å². The third-order valence-electron chi connectivity index (χ3n) is 3.68. The molecule has 1 amide bonds. The third kappa shape index (κ3) is 5.58. The lowest BCUT2D eigenvalue weighted by Crippen LogP contribution is -2.24. The van der Waals surface area contributed by atoms with Crippen LogP contribution in [0.2, 0.25) is 0 Å². The number of carbonyl (C=O) groups is 2. The molecule has 5 heteroatoms. The third-order valence-corrected chi connectivity index (χ3v) is 4.72. The fourth-order valence-electron chi connectivity index (χ4n) is 2.44. The number of carbonyl (C=O) groups excluding carboxylic acids is 2. The highest BCUT2D eigenvalue weighted by Gasteiger charge is 2.11. The zero-order chi connectivity index (χ0) is 17.5. The number of amides is 1. The van der Waals surface area contributed by atoms with Gasteiger partial charge in [0.1, 0.15) is 0 Å². The van der Waals surface area contributed by atoms with E-state index in [1.807, 2.05) is 51.4 Å². The second-order valence-electron chi connectivity index (χ2n) is 6.12. The molecule has 0 atom stereocenters. The average Bonchev–Trinajstić information content (AvgIpc) is 2.98. The Morgan fingerprint density at radius 3 is 2.38 bits per heavy atom. The van der Waals surface area contributed by atoms with Crippen molar-refractivity contribution < 1.29 is 9.59 Å². The Kier molecular flexibility index (Phi) is 6.70. The summed E-state index contributed by atoms with van der Waals surface area (Å²) in [6, 6.07) is 11.8. The fourth-order valence-corrected chi connectivity index (χ4v) is 3.28. The number of nitrogens with zero attached hydrogens (tertiary/aromatic N) is 1. The van der Waals surface area contributed by atoms with Gasteiger partial charge in [-0.3, -0.25) is 9.59 Å². The van der Waals surface area contributed by atoms with E-state index in [2.05, 4.69) is 16.3 Å². The standard InChI is InChI=1S/C19H24N2O2S/c1-14-8-10-18(24-14)17(22)9-11-19(23)20-12-15-6-4-5-7-16(15)13-21(2)3/h4-8,10H,9,11-13H2,1-3H3,(H,20,23). The number of ketones is 1. The highest BCUT2D eigenvalue weighted by Crippen LogP contribution is 2.17. The van der Waals surface area contributed by atoms with Crippen molar-refractivity contribution in [3.63, 3.8) is 0 Å². The van der Waals surface area contributed by atoms with Crippen LogP contribution >= 0.6 is 11.3 Å². The Labute approximate surface area is 147 Å². The van der Waals surface area contributed by atoms with E-state index in [-0.39, 0.29) is 24.5 Å². The van der Waals surface area contributed by atoms with Gasteiger partial charge in [0, 0.05) is 30.8 Å². The summed E-state index contributed by atoms with van der Waals surface area (Å²) >= 11 is 1.48. The van der Waals surface area contributed by atoms with Gasteiger partial charge in [-0.25, -0.2) is 0 Å². The summed E-state index contributed by atoms with van der Waals surface area (Å²) < 4.78 is 0. The number of hydrogen-bond donors (Lipinski definition) is 1. The van der Waals surface area contributed by atoms with E-state index in [0.717, 1.165) is 21.9 Å². The molecule has 0 fully saturated rings. The van der Waals surface area contributed by atoms with Crippen LogP contribution in [0.5, 0.6) is 0 Å². The molecule has 1 heterocycles. The molecule has 0 bridgehead atoms. The van der Waals surface area contributed by atoms with Crippen LogP contribution in [-0.4, -0.2) is 30.7 Å². The molecule has 0 aliphatic carbocycles. The number of benzene rings is 1. The van der Waals surface area contributed by atoms with Gasteiger partial charge < -0.3 is 10.2 Å². The highest BCUT2D eigenvalue weighted by atomic mass is 32.1. The molecule has 2 rings (SSSR count). The Balaban J connectivity index is 1.82. The summed E-state index contributed by atoms with van der Waals surface area (Å²) in [5, 5.41) is 2.92. The Bertz CT molecular complexity index is 707. The minimum atomic E-state index is -0.0868. The maximum absolute atomic E-state index is 12.0. The number of aryl methyl sites for hydroxylation is 1. The van der Waals surface area contributed by atoms with Crippen LogP contribution in [0, 0.1) is 6.92 Å². The molecular formula is C19H24N2O2S. The van der Waals surface area contributed by atoms with Crippen molar-refractivity contribution in [2.75, 3.05) is 14.1 Å². The molecule has 0 saturated carbocycles. The first-order valence-corrected chi connectivity index (χ1v) is 8.85. The van der Waals surface area contributed by atoms with Crippen molar-refractivity contribution in [3.8, 4) is 0 Å². The quantitative estimate of drug-likeness (QED) is 0.747. The molecule has 0 spiro atoms. The lowest BCUT2D eigenvalue weighted by Gasteiger charge is -2.14. The average molecular weight is 344 g/mol. The second-order valence-corrected chi connectivity index (χ2v) is 7.40. The van der Waals surface area contributed by atoms with Crippen LogP contribution < -0.4 is 5.32 Å². The highest BCUT2D eigenvalue weighted by molar-refractivity contribution is 7.14. The van der Waals surface area contributed by atoms with Crippen molar-refractivity contribution in [3.05, 3.63) is 57.3 Å². The first-order chi connectivity index (χ1) is 11.5. The van der Waals surface area contributed by atoms with E-state index < -0.39 is 0 Å². The minimum absolute atomic E-state index is 0.0382. The van der Waals surface area contributed by atoms with Crippen molar-refractivity contribution in [2.24, 2.45) is 0 Å². The van der Waals surface area contributed by atoms with Crippen LogP contribution in [0.25, 0.3) is 0 Å². The number of nitrogens with one attached hydrogen (secondary N) is 1. The van der Waals surface area contributed by atoms with Gasteiger partial charge in [-0.1, -0.05) is 24.3 Å². The van der Waals surface area contributed by atoms with E-state index in [1.165, 1.54) is 16.9 Å². The van der Waals surface area contributed by atoms with Crippen molar-refractivity contribution in [2.45, 2.75) is 32.9 Å². The Hall–Kier alpha value is -1.98. The summed E-state index contributed by atoms with van der Waals surface area (Å²) in [7, 11) is 4.04. The van der Waals surface area contributed by atoms with Gasteiger partial charge in [-0.2, -0.15) is 0 Å². The van der Waals surface area contributed by atoms with E-state index in [0.29, 0.717) is 6.54 Å². The first-order valence-electron chi connectivity index (χ1n) is 8.03. The lowest BCUT2D eigenvalue weighted by atomic mass is 10.1. The SMILES string of the molecule is Cc1ccc(C(=O)CCC(=O)NCc2ccccc2CN(C)C)s1. The number of thiophene rings is 1. The largest absolute Gasteiger partial charge is 0.352 e. The normalized spacial score (nSPS) is 10.8. The molecule has 1 aromatic heterocycles. The Morgan fingerprint density at radius 1 is 1.04 bits per heavy atom. The van der Waals surface area contributed by atoms with Gasteiger partial charge in [-0.05, 0) is 44.3 Å². The van der Waals surface area contributed by atoms with Crippen molar-refractivity contribution in [1.82, 2.24) is 10.2 Å². The molecule has 2 aromatic rings. The maximum Gasteiger partial charge on any atom is 0.220 e. The van der Waals surface area contributed by atoms with E-state index in [1.54, 1.807) is 0 Å². The molecule has 1 aromatic carbocycles. The van der Waals surface area contributed by atoms with Gasteiger partial charge >= 0.3 is 0 Å². The molecule has 24 heavy (non-hydrogen) atoms. The van der Waals surface area contributed by atoms with Crippen LogP contribution in [0.4, 0.5) is 0 Å². The minimum Gasteiger partial charge on any atom is -0.352 e. The van der Waals surface area contributed by atoms with Crippen LogP contribution in [0.3, 0.4) is 0 Å². The second kappa shape index (κ2) is 8.76. The molecule has 0 unspecified atom stereocenters. The smallest absolute Gasteiger partial charge is 0.220 e. The topological polar surface area (TPSA) is 49.4 Å². The lowest BCUT2D eigenvalue weighted by molar-refractivity contribution is -0.121. The van der Waals surface area contributed by atoms with E-state index in [4.69, 9.17) is 0 Å². The van der Waals surface area contributed by atoms with Crippen LogP contribution in [-0.2, 0) is 17.9 Å². The summed E-state index contributed by atoms with van der Waals surface area (Å²) in [5.74, 6) is -0.0486. The first kappa shape index (κ1) is 18.4. The van der Waals surface area contributed by atoms with Gasteiger partial charge in [-0.15, -0.1) is 11.3 Å². The van der Waals surface area contributed by atoms with Crippen LogP contribution in [0.15, 0.2) is 36.4 Å². The van der Waals surface area contributed by atoms with Gasteiger partial charge in [0.05, 0.1) is 4.88 Å². The van der Waals surface area contributed by atoms with Gasteiger partial charge in [0.2, 0.25) is 5.91 Å². The zero-order valence-electron chi connectivity index (χ0n) is 14.5. The van der Waals surface area contributed by atoms with E-state index >= 15 is 0 Å². The van der Waals surface area contributed by atoms with Gasteiger partial charge in [0.25, 0.3) is 0 Å². The summed E-state index contributed by atoms with van der Waals surface area (Å²) in [6.07, 6.45) is 0.483. The molecule has 1 N–H and O–H groups in total. The molecule has 4 nitrogen and oxygen atoms in total. The van der Waals surface area contributed by atoms with Crippen molar-refractivity contribution >= 4 is 23.0 Å². The molecule has 0 aliphatic rings.